The Kier molecular flexibility index (Phi) is 5.62. The summed E-state index contributed by atoms with van der Waals surface area (Å²) in [6, 6.07) is 20.9. The smallest absolute Gasteiger partial charge is 0.335 e. The summed E-state index contributed by atoms with van der Waals surface area (Å²) in [7, 11) is 0. The van der Waals surface area contributed by atoms with Gasteiger partial charge in [-0.2, -0.15) is 0 Å². The second-order valence-corrected chi connectivity index (χ2v) is 6.82. The van der Waals surface area contributed by atoms with Gasteiger partial charge in [-0.3, -0.25) is 9.36 Å². The van der Waals surface area contributed by atoms with Gasteiger partial charge in [-0.15, -0.1) is 0 Å². The molecule has 0 unspecified atom stereocenters. The molecule has 0 aliphatic carbocycles. The molecule has 0 spiro atoms. The molecule has 0 aliphatic rings. The van der Waals surface area contributed by atoms with Crippen LogP contribution in [-0.4, -0.2) is 27.2 Å². The molecule has 0 radical (unpaired) electrons. The van der Waals surface area contributed by atoms with Crippen LogP contribution in [0.4, 0.5) is 0 Å². The van der Waals surface area contributed by atoms with Gasteiger partial charge in [0.05, 0.1) is 28.8 Å². The zero-order chi connectivity index (χ0) is 21.8. The number of aromatic nitrogens is 2. The average molecular weight is 412 g/mol. The summed E-state index contributed by atoms with van der Waals surface area (Å²) < 4.78 is 6.95. The predicted molar refractivity (Wildman–Crippen MR) is 121 cm³/mol. The Balaban J connectivity index is 1.82. The van der Waals surface area contributed by atoms with Gasteiger partial charge in [0.2, 0.25) is 0 Å². The Morgan fingerprint density at radius 1 is 1.00 bits per heavy atom. The second-order valence-electron chi connectivity index (χ2n) is 6.82. The molecule has 6 heteroatoms. The molecule has 1 N–H and O–H groups in total. The van der Waals surface area contributed by atoms with Crippen LogP contribution in [0, 0.1) is 0 Å². The molecule has 0 saturated carbocycles. The molecular weight excluding hydrogens is 392 g/mol. The lowest BCUT2D eigenvalue weighted by molar-refractivity contribution is 0.0697. The summed E-state index contributed by atoms with van der Waals surface area (Å²) in [6.07, 6.45) is 3.64. The number of hydrogen-bond donors (Lipinski definition) is 1. The van der Waals surface area contributed by atoms with E-state index in [-0.39, 0.29) is 11.1 Å². The van der Waals surface area contributed by atoms with Crippen LogP contribution in [0.1, 0.15) is 28.7 Å². The minimum Gasteiger partial charge on any atom is -0.494 e. The topological polar surface area (TPSA) is 81.4 Å². The van der Waals surface area contributed by atoms with E-state index in [1.54, 1.807) is 36.4 Å². The van der Waals surface area contributed by atoms with Crippen molar-refractivity contribution in [1.82, 2.24) is 9.55 Å². The van der Waals surface area contributed by atoms with Crippen molar-refractivity contribution in [2.45, 2.75) is 6.92 Å². The zero-order valence-electron chi connectivity index (χ0n) is 16.9. The van der Waals surface area contributed by atoms with Crippen molar-refractivity contribution >= 4 is 29.0 Å². The SMILES string of the molecule is CCOc1ccc(/C=C/c2nc3ccccc3c(=O)n2-c2ccc(C(=O)O)cc2)cc1. The summed E-state index contributed by atoms with van der Waals surface area (Å²) in [5.74, 6) is 0.214. The number of aromatic carboxylic acids is 1. The van der Waals surface area contributed by atoms with E-state index in [0.717, 1.165) is 11.3 Å². The molecular formula is C25H20N2O4. The Hall–Kier alpha value is -4.19. The molecule has 0 saturated heterocycles. The van der Waals surface area contributed by atoms with Gasteiger partial charge in [0.1, 0.15) is 11.6 Å². The summed E-state index contributed by atoms with van der Waals surface area (Å²) >= 11 is 0. The van der Waals surface area contributed by atoms with E-state index in [1.807, 2.05) is 43.3 Å². The first kappa shape index (κ1) is 20.1. The van der Waals surface area contributed by atoms with Crippen LogP contribution < -0.4 is 10.3 Å². The van der Waals surface area contributed by atoms with Crippen LogP contribution in [0.2, 0.25) is 0 Å². The highest BCUT2D eigenvalue weighted by molar-refractivity contribution is 5.88. The van der Waals surface area contributed by atoms with Crippen molar-refractivity contribution in [2.75, 3.05) is 6.61 Å². The first-order valence-corrected chi connectivity index (χ1v) is 9.83. The first-order chi connectivity index (χ1) is 15.1. The van der Waals surface area contributed by atoms with Crippen molar-refractivity contribution in [1.29, 1.82) is 0 Å². The number of hydrogen-bond acceptors (Lipinski definition) is 4. The Labute approximate surface area is 178 Å². The van der Waals surface area contributed by atoms with Crippen LogP contribution in [0.25, 0.3) is 28.7 Å². The van der Waals surface area contributed by atoms with Gasteiger partial charge < -0.3 is 9.84 Å². The van der Waals surface area contributed by atoms with Crippen molar-refractivity contribution < 1.29 is 14.6 Å². The van der Waals surface area contributed by atoms with Gasteiger partial charge >= 0.3 is 5.97 Å². The Morgan fingerprint density at radius 2 is 1.71 bits per heavy atom. The molecule has 4 aromatic rings. The lowest BCUT2D eigenvalue weighted by Crippen LogP contribution is -2.22. The van der Waals surface area contributed by atoms with E-state index in [0.29, 0.717) is 29.0 Å². The quantitative estimate of drug-likeness (QED) is 0.498. The molecule has 1 heterocycles. The van der Waals surface area contributed by atoms with Gasteiger partial charge in [0, 0.05) is 0 Å². The number of carbonyl (C=O) groups is 1. The Morgan fingerprint density at radius 3 is 2.39 bits per heavy atom. The number of fused-ring (bicyclic) bond motifs is 1. The molecule has 154 valence electrons. The fourth-order valence-electron chi connectivity index (χ4n) is 3.28. The number of ether oxygens (including phenoxy) is 1. The first-order valence-electron chi connectivity index (χ1n) is 9.83. The number of nitrogens with zero attached hydrogens (tertiary/aromatic N) is 2. The second kappa shape index (κ2) is 8.67. The van der Waals surface area contributed by atoms with Gasteiger partial charge in [-0.05, 0) is 67.1 Å². The van der Waals surface area contributed by atoms with E-state index in [4.69, 9.17) is 9.84 Å². The fraction of sp³-hybridized carbons (Fsp3) is 0.0800. The fourth-order valence-corrected chi connectivity index (χ4v) is 3.28. The standard InChI is InChI=1S/C25H20N2O4/c1-2-31-20-14-7-17(8-15-20)9-16-23-26-22-6-4-3-5-21(22)24(28)27(23)19-12-10-18(11-13-19)25(29)30/h3-16H,2H2,1H3,(H,29,30)/b16-9+. The van der Waals surface area contributed by atoms with E-state index < -0.39 is 5.97 Å². The van der Waals surface area contributed by atoms with Crippen LogP contribution in [0.15, 0.2) is 77.6 Å². The lowest BCUT2D eigenvalue weighted by atomic mass is 10.1. The number of para-hydroxylation sites is 1. The number of rotatable bonds is 6. The minimum atomic E-state index is -1.02. The summed E-state index contributed by atoms with van der Waals surface area (Å²) in [5.41, 5.74) is 1.99. The Bertz CT molecular complexity index is 1320. The van der Waals surface area contributed by atoms with Crippen molar-refractivity contribution in [3.63, 3.8) is 0 Å². The van der Waals surface area contributed by atoms with Crippen LogP contribution in [0.5, 0.6) is 5.75 Å². The maximum Gasteiger partial charge on any atom is 0.335 e. The third-order valence-electron chi connectivity index (χ3n) is 4.79. The van der Waals surface area contributed by atoms with Gasteiger partial charge in [-0.1, -0.05) is 30.3 Å². The normalized spacial score (nSPS) is 11.1. The number of carboxylic acids is 1. The predicted octanol–water partition coefficient (Wildman–Crippen LogP) is 4.65. The van der Waals surface area contributed by atoms with E-state index in [1.165, 1.54) is 16.7 Å². The third-order valence-corrected chi connectivity index (χ3v) is 4.79. The maximum atomic E-state index is 13.3. The molecule has 0 atom stereocenters. The van der Waals surface area contributed by atoms with Crippen LogP contribution in [-0.2, 0) is 0 Å². The summed E-state index contributed by atoms with van der Waals surface area (Å²) in [5, 5.41) is 9.65. The number of benzene rings is 3. The summed E-state index contributed by atoms with van der Waals surface area (Å²) in [6.45, 7) is 2.53. The van der Waals surface area contributed by atoms with Crippen molar-refractivity contribution in [3.8, 4) is 11.4 Å². The molecule has 0 bridgehead atoms. The molecule has 0 fully saturated rings. The van der Waals surface area contributed by atoms with Gasteiger partial charge in [-0.25, -0.2) is 9.78 Å². The van der Waals surface area contributed by atoms with Gasteiger partial charge in [0.25, 0.3) is 5.56 Å². The molecule has 4 rings (SSSR count). The zero-order valence-corrected chi connectivity index (χ0v) is 16.9. The average Bonchev–Trinajstić information content (AvgIpc) is 2.79. The highest BCUT2D eigenvalue weighted by Gasteiger charge is 2.12. The van der Waals surface area contributed by atoms with Crippen molar-refractivity contribution in [2.24, 2.45) is 0 Å². The van der Waals surface area contributed by atoms with E-state index in [2.05, 4.69) is 4.98 Å². The molecule has 0 amide bonds. The molecule has 1 aromatic heterocycles. The number of carboxylic acid groups (broad SMARTS) is 1. The van der Waals surface area contributed by atoms with Crippen molar-refractivity contribution in [3.05, 3.63) is 100 Å². The monoisotopic (exact) mass is 412 g/mol. The molecule has 0 aliphatic heterocycles. The highest BCUT2D eigenvalue weighted by Crippen LogP contribution is 2.18. The van der Waals surface area contributed by atoms with E-state index >= 15 is 0 Å². The minimum absolute atomic E-state index is 0.150. The highest BCUT2D eigenvalue weighted by atomic mass is 16.5. The third kappa shape index (κ3) is 4.23. The van der Waals surface area contributed by atoms with Crippen LogP contribution in [0.3, 0.4) is 0 Å². The largest absolute Gasteiger partial charge is 0.494 e. The lowest BCUT2D eigenvalue weighted by Gasteiger charge is -2.12. The summed E-state index contributed by atoms with van der Waals surface area (Å²) in [4.78, 5) is 29.1. The van der Waals surface area contributed by atoms with Gasteiger partial charge in [0.15, 0.2) is 0 Å². The maximum absolute atomic E-state index is 13.3. The van der Waals surface area contributed by atoms with E-state index in [9.17, 15) is 9.59 Å². The van der Waals surface area contributed by atoms with Crippen LogP contribution >= 0.6 is 0 Å². The molecule has 31 heavy (non-hydrogen) atoms. The molecule has 3 aromatic carbocycles. The molecule has 6 nitrogen and oxygen atoms in total.